The fourth-order valence-corrected chi connectivity index (χ4v) is 1.76. The van der Waals surface area contributed by atoms with Crippen LogP contribution in [0.2, 0.25) is 0 Å². The minimum absolute atomic E-state index is 0.0142. The van der Waals surface area contributed by atoms with E-state index in [1.165, 1.54) is 5.56 Å². The molecular weight excluding hydrogens is 212 g/mol. The van der Waals surface area contributed by atoms with Crippen LogP contribution in [0.25, 0.3) is 0 Å². The van der Waals surface area contributed by atoms with Gasteiger partial charge in [0.1, 0.15) is 5.69 Å². The van der Waals surface area contributed by atoms with Gasteiger partial charge in [-0.1, -0.05) is 38.1 Å². The third-order valence-electron chi connectivity index (χ3n) is 2.89. The van der Waals surface area contributed by atoms with Gasteiger partial charge in [0, 0.05) is 18.8 Å². The minimum atomic E-state index is 0.0142. The van der Waals surface area contributed by atoms with E-state index in [0.717, 1.165) is 0 Å². The average molecular weight is 228 g/mol. The summed E-state index contributed by atoms with van der Waals surface area (Å²) in [7, 11) is 1.77. The van der Waals surface area contributed by atoms with Crippen LogP contribution in [-0.2, 0) is 7.05 Å². The van der Waals surface area contributed by atoms with Crippen molar-refractivity contribution in [3.63, 3.8) is 0 Å². The van der Waals surface area contributed by atoms with Crippen LogP contribution in [0.5, 0.6) is 0 Å². The molecule has 3 nitrogen and oxygen atoms in total. The topological polar surface area (TPSA) is 34.9 Å². The van der Waals surface area contributed by atoms with Crippen molar-refractivity contribution in [2.75, 3.05) is 0 Å². The maximum Gasteiger partial charge on any atom is 0.211 e. The molecule has 17 heavy (non-hydrogen) atoms. The summed E-state index contributed by atoms with van der Waals surface area (Å²) >= 11 is 0. The molecule has 3 heteroatoms. The van der Waals surface area contributed by atoms with Gasteiger partial charge in [-0.25, -0.2) is 0 Å². The van der Waals surface area contributed by atoms with Crippen LogP contribution in [-0.4, -0.2) is 15.6 Å². The monoisotopic (exact) mass is 228 g/mol. The SMILES string of the molecule is CC(C)c1ccc(C(=O)c2ccnn2C)cc1. The molecule has 0 N–H and O–H groups in total. The molecule has 0 aliphatic heterocycles. The van der Waals surface area contributed by atoms with Gasteiger partial charge in [0.05, 0.1) is 0 Å². The van der Waals surface area contributed by atoms with Crippen molar-refractivity contribution in [3.05, 3.63) is 53.3 Å². The molecule has 0 radical (unpaired) electrons. The van der Waals surface area contributed by atoms with E-state index in [0.29, 0.717) is 17.2 Å². The van der Waals surface area contributed by atoms with Gasteiger partial charge in [-0.3, -0.25) is 9.48 Å². The lowest BCUT2D eigenvalue weighted by Gasteiger charge is -2.06. The highest BCUT2D eigenvalue weighted by atomic mass is 16.1. The van der Waals surface area contributed by atoms with Crippen LogP contribution in [0.1, 0.15) is 41.4 Å². The number of hydrogen-bond donors (Lipinski definition) is 0. The molecule has 2 aromatic rings. The third kappa shape index (κ3) is 2.28. The maximum absolute atomic E-state index is 12.1. The van der Waals surface area contributed by atoms with E-state index in [1.807, 2.05) is 24.3 Å². The molecule has 2 rings (SSSR count). The molecule has 0 amide bonds. The Kier molecular flexibility index (Phi) is 3.09. The van der Waals surface area contributed by atoms with Gasteiger partial charge in [0.2, 0.25) is 5.78 Å². The van der Waals surface area contributed by atoms with E-state index in [-0.39, 0.29) is 5.78 Å². The molecule has 0 unspecified atom stereocenters. The fourth-order valence-electron chi connectivity index (χ4n) is 1.76. The van der Waals surface area contributed by atoms with Crippen molar-refractivity contribution in [2.45, 2.75) is 19.8 Å². The van der Waals surface area contributed by atoms with Crippen molar-refractivity contribution in [3.8, 4) is 0 Å². The van der Waals surface area contributed by atoms with E-state index in [9.17, 15) is 4.79 Å². The molecular formula is C14H16N2O. The molecule has 1 heterocycles. The summed E-state index contributed by atoms with van der Waals surface area (Å²) in [5.74, 6) is 0.496. The van der Waals surface area contributed by atoms with Gasteiger partial charge >= 0.3 is 0 Å². The highest BCUT2D eigenvalue weighted by Gasteiger charge is 2.12. The van der Waals surface area contributed by atoms with E-state index in [1.54, 1.807) is 24.0 Å². The lowest BCUT2D eigenvalue weighted by atomic mass is 10.00. The summed E-state index contributed by atoms with van der Waals surface area (Å²) < 4.78 is 1.60. The van der Waals surface area contributed by atoms with Gasteiger partial charge in [0.15, 0.2) is 0 Å². The number of rotatable bonds is 3. The first-order valence-corrected chi connectivity index (χ1v) is 5.72. The number of aryl methyl sites for hydroxylation is 1. The Morgan fingerprint density at radius 1 is 1.18 bits per heavy atom. The molecule has 0 saturated carbocycles. The highest BCUT2D eigenvalue weighted by molar-refractivity contribution is 6.07. The smallest absolute Gasteiger partial charge is 0.211 e. The lowest BCUT2D eigenvalue weighted by Crippen LogP contribution is -2.08. The predicted molar refractivity (Wildman–Crippen MR) is 67.2 cm³/mol. The summed E-state index contributed by atoms with van der Waals surface area (Å²) in [5, 5.41) is 4.00. The Morgan fingerprint density at radius 3 is 2.29 bits per heavy atom. The van der Waals surface area contributed by atoms with Crippen LogP contribution in [0.3, 0.4) is 0 Å². The largest absolute Gasteiger partial charge is 0.287 e. The Labute approximate surface area is 101 Å². The first-order chi connectivity index (χ1) is 8.09. The van der Waals surface area contributed by atoms with Crippen LogP contribution >= 0.6 is 0 Å². The first-order valence-electron chi connectivity index (χ1n) is 5.72. The molecule has 0 aliphatic carbocycles. The zero-order valence-electron chi connectivity index (χ0n) is 10.3. The van der Waals surface area contributed by atoms with Crippen molar-refractivity contribution in [1.29, 1.82) is 0 Å². The normalized spacial score (nSPS) is 10.8. The van der Waals surface area contributed by atoms with Crippen molar-refractivity contribution >= 4 is 5.78 Å². The predicted octanol–water partition coefficient (Wildman–Crippen LogP) is 2.77. The zero-order chi connectivity index (χ0) is 12.4. The summed E-state index contributed by atoms with van der Waals surface area (Å²) in [5.41, 5.74) is 2.56. The van der Waals surface area contributed by atoms with Gasteiger partial charge in [0.25, 0.3) is 0 Å². The second-order valence-electron chi connectivity index (χ2n) is 4.45. The molecule has 1 aromatic heterocycles. The standard InChI is InChI=1S/C14H16N2O/c1-10(2)11-4-6-12(7-5-11)14(17)13-8-9-15-16(13)3/h4-10H,1-3H3. The summed E-state index contributed by atoms with van der Waals surface area (Å²) in [6.45, 7) is 4.27. The second-order valence-corrected chi connectivity index (χ2v) is 4.45. The molecule has 88 valence electrons. The van der Waals surface area contributed by atoms with Crippen molar-refractivity contribution < 1.29 is 4.79 Å². The number of carbonyl (C=O) groups excluding carboxylic acids is 1. The van der Waals surface area contributed by atoms with Crippen molar-refractivity contribution in [2.24, 2.45) is 7.05 Å². The van der Waals surface area contributed by atoms with Crippen molar-refractivity contribution in [1.82, 2.24) is 9.78 Å². The number of ketones is 1. The first kappa shape index (κ1) is 11.6. The number of aromatic nitrogens is 2. The van der Waals surface area contributed by atoms with Crippen LogP contribution in [0, 0.1) is 0 Å². The molecule has 0 saturated heterocycles. The fraction of sp³-hybridized carbons (Fsp3) is 0.286. The molecule has 0 aliphatic rings. The molecule has 0 fully saturated rings. The molecule has 0 spiro atoms. The van der Waals surface area contributed by atoms with E-state index in [4.69, 9.17) is 0 Å². The third-order valence-corrected chi connectivity index (χ3v) is 2.89. The molecule has 1 aromatic carbocycles. The number of carbonyl (C=O) groups is 1. The highest BCUT2D eigenvalue weighted by Crippen LogP contribution is 2.16. The summed E-state index contributed by atoms with van der Waals surface area (Å²) in [4.78, 5) is 12.1. The van der Waals surface area contributed by atoms with Gasteiger partial charge in [-0.2, -0.15) is 5.10 Å². The molecule has 0 bridgehead atoms. The van der Waals surface area contributed by atoms with E-state index >= 15 is 0 Å². The Bertz CT molecular complexity index is 523. The zero-order valence-corrected chi connectivity index (χ0v) is 10.3. The van der Waals surface area contributed by atoms with Gasteiger partial charge in [-0.15, -0.1) is 0 Å². The Morgan fingerprint density at radius 2 is 1.82 bits per heavy atom. The number of hydrogen-bond acceptors (Lipinski definition) is 2. The maximum atomic E-state index is 12.1. The summed E-state index contributed by atoms with van der Waals surface area (Å²) in [6.07, 6.45) is 1.63. The van der Waals surface area contributed by atoms with E-state index < -0.39 is 0 Å². The lowest BCUT2D eigenvalue weighted by molar-refractivity contribution is 0.103. The van der Waals surface area contributed by atoms with Crippen LogP contribution in [0.4, 0.5) is 0 Å². The second kappa shape index (κ2) is 4.53. The van der Waals surface area contributed by atoms with E-state index in [2.05, 4.69) is 18.9 Å². The van der Waals surface area contributed by atoms with Gasteiger partial charge in [-0.05, 0) is 17.5 Å². The minimum Gasteiger partial charge on any atom is -0.287 e. The Hall–Kier alpha value is -1.90. The summed E-state index contributed by atoms with van der Waals surface area (Å²) in [6, 6.07) is 9.51. The number of benzene rings is 1. The average Bonchev–Trinajstić information content (AvgIpc) is 2.74. The molecule has 0 atom stereocenters. The quantitative estimate of drug-likeness (QED) is 0.757. The van der Waals surface area contributed by atoms with Crippen LogP contribution in [0.15, 0.2) is 36.5 Å². The number of nitrogens with zero attached hydrogens (tertiary/aromatic N) is 2. The van der Waals surface area contributed by atoms with Crippen LogP contribution < -0.4 is 0 Å². The van der Waals surface area contributed by atoms with Gasteiger partial charge < -0.3 is 0 Å². The Balaban J connectivity index is 2.29.